The molecule has 0 bridgehead atoms. The van der Waals surface area contributed by atoms with Gasteiger partial charge in [-0.25, -0.2) is 8.42 Å². The van der Waals surface area contributed by atoms with E-state index in [4.69, 9.17) is 4.74 Å². The van der Waals surface area contributed by atoms with Crippen molar-refractivity contribution in [2.75, 3.05) is 29.2 Å². The average molecular weight is 625 g/mol. The lowest BCUT2D eigenvalue weighted by Gasteiger charge is -2.13. The van der Waals surface area contributed by atoms with Gasteiger partial charge in [0.05, 0.1) is 24.5 Å². The molecule has 0 radical (unpaired) electrons. The molecule has 2 aromatic carbocycles. The van der Waals surface area contributed by atoms with Crippen LogP contribution in [0, 0.1) is 0 Å². The van der Waals surface area contributed by atoms with Gasteiger partial charge in [-0.15, -0.1) is 15.3 Å². The molecule has 2 heterocycles. The van der Waals surface area contributed by atoms with Gasteiger partial charge in [0.2, 0.25) is 11.0 Å². The number of nitrogens with zero attached hydrogens (tertiary/aromatic N) is 4. The van der Waals surface area contributed by atoms with E-state index in [2.05, 4.69) is 31.0 Å². The zero-order valence-corrected chi connectivity index (χ0v) is 25.6. The van der Waals surface area contributed by atoms with Gasteiger partial charge in [0.15, 0.2) is 5.82 Å². The van der Waals surface area contributed by atoms with E-state index in [1.54, 1.807) is 18.2 Å². The average Bonchev–Trinajstić information content (AvgIpc) is 3.41. The Balaban J connectivity index is 1.13. The third-order valence-electron chi connectivity index (χ3n) is 6.28. The van der Waals surface area contributed by atoms with E-state index in [1.807, 2.05) is 48.5 Å². The van der Waals surface area contributed by atoms with Crippen LogP contribution in [0.5, 0.6) is 5.75 Å². The van der Waals surface area contributed by atoms with Crippen molar-refractivity contribution in [3.05, 3.63) is 88.6 Å². The van der Waals surface area contributed by atoms with Crippen LogP contribution >= 0.6 is 11.3 Å². The molecule has 11 nitrogen and oxygen atoms in total. The lowest BCUT2D eigenvalue weighted by atomic mass is 10.1. The van der Waals surface area contributed by atoms with Crippen molar-refractivity contribution in [1.29, 1.82) is 0 Å². The predicted octanol–water partition coefficient (Wildman–Crippen LogP) is 3.86. The Morgan fingerprint density at radius 3 is 2.49 bits per heavy atom. The van der Waals surface area contributed by atoms with Gasteiger partial charge in [0.1, 0.15) is 26.8 Å². The van der Waals surface area contributed by atoms with Crippen LogP contribution in [0.2, 0.25) is 0 Å². The molecule has 0 aliphatic heterocycles. The summed E-state index contributed by atoms with van der Waals surface area (Å²) in [6.45, 7) is 0.286. The van der Waals surface area contributed by atoms with Crippen LogP contribution in [0.4, 0.5) is 10.9 Å². The Morgan fingerprint density at radius 1 is 0.930 bits per heavy atom. The zero-order chi connectivity index (χ0) is 30.5. The second-order valence-corrected chi connectivity index (χ2v) is 13.5. The van der Waals surface area contributed by atoms with E-state index in [0.29, 0.717) is 29.5 Å². The summed E-state index contributed by atoms with van der Waals surface area (Å²) < 4.78 is 28.1. The van der Waals surface area contributed by atoms with Crippen molar-refractivity contribution in [2.45, 2.75) is 51.2 Å². The molecule has 1 unspecified atom stereocenters. The summed E-state index contributed by atoms with van der Waals surface area (Å²) in [5, 5.41) is 34.1. The topological polar surface area (TPSA) is 156 Å². The van der Waals surface area contributed by atoms with Crippen LogP contribution < -0.4 is 15.4 Å². The number of aromatic nitrogens is 4. The minimum Gasteiger partial charge on any atom is -0.494 e. The lowest BCUT2D eigenvalue weighted by molar-refractivity contribution is -0.115. The largest absolute Gasteiger partial charge is 0.494 e. The van der Waals surface area contributed by atoms with E-state index in [-0.39, 0.29) is 24.7 Å². The number of sulfone groups is 1. The molecule has 4 rings (SSSR count). The molecule has 4 aromatic rings. The first-order valence-electron chi connectivity index (χ1n) is 14.0. The molecular weight excluding hydrogens is 589 g/mol. The zero-order valence-electron chi connectivity index (χ0n) is 24.0. The van der Waals surface area contributed by atoms with Crippen molar-refractivity contribution < 1.29 is 23.1 Å². The molecular formula is C30H36N6O5S2. The number of nitrogens with one attached hydrogen (secondary N) is 2. The van der Waals surface area contributed by atoms with E-state index < -0.39 is 16.1 Å². The van der Waals surface area contributed by atoms with Crippen molar-refractivity contribution >= 4 is 38.0 Å². The number of aliphatic hydroxyl groups excluding tert-OH is 1. The summed E-state index contributed by atoms with van der Waals surface area (Å²) in [5.41, 5.74) is 2.68. The van der Waals surface area contributed by atoms with Crippen molar-refractivity contribution in [3.8, 4) is 5.75 Å². The van der Waals surface area contributed by atoms with Crippen LogP contribution in [-0.2, 0) is 40.3 Å². The number of rotatable bonds is 17. The Labute approximate surface area is 255 Å². The van der Waals surface area contributed by atoms with E-state index in [0.717, 1.165) is 47.5 Å². The number of aryl methyl sites for hydroxylation is 2. The first-order valence-corrected chi connectivity index (χ1v) is 16.9. The number of unbranched alkanes of at least 4 members (excludes halogenated alkanes) is 1. The summed E-state index contributed by atoms with van der Waals surface area (Å²) in [7, 11) is -3.02. The van der Waals surface area contributed by atoms with Crippen LogP contribution in [0.15, 0.2) is 66.7 Å². The quantitative estimate of drug-likeness (QED) is 0.116. The number of amides is 1. The number of carbonyl (C=O) groups excluding carboxylic acids is 1. The predicted molar refractivity (Wildman–Crippen MR) is 167 cm³/mol. The van der Waals surface area contributed by atoms with Crippen molar-refractivity contribution in [1.82, 2.24) is 20.4 Å². The number of anilines is 2. The summed E-state index contributed by atoms with van der Waals surface area (Å²) in [5.74, 6) is 0.981. The molecule has 3 N–H and O–H groups in total. The highest BCUT2D eigenvalue weighted by Gasteiger charge is 2.11. The Morgan fingerprint density at radius 2 is 1.72 bits per heavy atom. The number of hydrogen-bond acceptors (Lipinski definition) is 11. The fourth-order valence-corrected chi connectivity index (χ4v) is 5.66. The second-order valence-electron chi connectivity index (χ2n) is 10.2. The highest BCUT2D eigenvalue weighted by atomic mass is 32.2. The molecule has 0 fully saturated rings. The summed E-state index contributed by atoms with van der Waals surface area (Å²) in [6, 6.07) is 20.7. The van der Waals surface area contributed by atoms with Gasteiger partial charge >= 0.3 is 0 Å². The number of carbonyl (C=O) groups is 1. The molecule has 0 aliphatic rings. The minimum absolute atomic E-state index is 0.0714. The number of aliphatic hydroxyl groups is 1. The SMILES string of the molecule is CS(=O)(=O)CCCOc1cccc(CC(=O)Nc2nnc(CCCCc3ccc(NC(O)Cc4ccccc4)nn3)s2)c1. The van der Waals surface area contributed by atoms with Crippen LogP contribution in [-0.4, -0.2) is 64.7 Å². The second kappa shape index (κ2) is 16.1. The number of benzene rings is 2. The van der Waals surface area contributed by atoms with Gasteiger partial charge in [-0.05, 0) is 61.1 Å². The van der Waals surface area contributed by atoms with E-state index >= 15 is 0 Å². The summed E-state index contributed by atoms with van der Waals surface area (Å²) >= 11 is 1.36. The lowest BCUT2D eigenvalue weighted by Crippen LogP contribution is -2.22. The minimum atomic E-state index is -3.02. The summed E-state index contributed by atoms with van der Waals surface area (Å²) in [4.78, 5) is 12.5. The highest BCUT2D eigenvalue weighted by molar-refractivity contribution is 7.90. The number of hydrogen-bond donors (Lipinski definition) is 3. The molecule has 228 valence electrons. The Hall–Kier alpha value is -3.94. The molecule has 1 amide bonds. The van der Waals surface area contributed by atoms with Gasteiger partial charge in [-0.3, -0.25) is 4.79 Å². The third kappa shape index (κ3) is 12.1. The maximum absolute atomic E-state index is 12.5. The maximum atomic E-state index is 12.5. The van der Waals surface area contributed by atoms with Crippen molar-refractivity contribution in [3.63, 3.8) is 0 Å². The van der Waals surface area contributed by atoms with Crippen LogP contribution in [0.1, 0.15) is 41.1 Å². The molecule has 1 atom stereocenters. The molecule has 0 saturated heterocycles. The highest BCUT2D eigenvalue weighted by Crippen LogP contribution is 2.19. The smallest absolute Gasteiger partial charge is 0.230 e. The number of ether oxygens (including phenoxy) is 1. The third-order valence-corrected chi connectivity index (χ3v) is 8.21. The van der Waals surface area contributed by atoms with Crippen LogP contribution in [0.3, 0.4) is 0 Å². The van der Waals surface area contributed by atoms with Gasteiger partial charge in [-0.2, -0.15) is 5.10 Å². The molecule has 2 aromatic heterocycles. The van der Waals surface area contributed by atoms with Crippen LogP contribution in [0.25, 0.3) is 0 Å². The van der Waals surface area contributed by atoms with E-state index in [1.165, 1.54) is 17.6 Å². The fourth-order valence-electron chi connectivity index (χ4n) is 4.22. The summed E-state index contributed by atoms with van der Waals surface area (Å²) in [6.07, 6.45) is 4.77. The van der Waals surface area contributed by atoms with E-state index in [9.17, 15) is 18.3 Å². The molecule has 43 heavy (non-hydrogen) atoms. The Kier molecular flexibility index (Phi) is 11.9. The van der Waals surface area contributed by atoms with Crippen molar-refractivity contribution in [2.24, 2.45) is 0 Å². The van der Waals surface area contributed by atoms with Gasteiger partial charge < -0.3 is 20.5 Å². The first kappa shape index (κ1) is 32.0. The fraction of sp³-hybridized carbons (Fsp3) is 0.367. The van der Waals surface area contributed by atoms with Gasteiger partial charge in [-0.1, -0.05) is 53.8 Å². The Bertz CT molecular complexity index is 1550. The molecule has 0 aliphatic carbocycles. The first-order chi connectivity index (χ1) is 20.7. The van der Waals surface area contributed by atoms with Gasteiger partial charge in [0, 0.05) is 19.1 Å². The standard InChI is InChI=1S/C30H36N6O5S2/c1-43(39,40)18-8-17-41-25-13-7-11-23(19-25)21-28(38)32-30-36-35-29(42-30)14-6-5-12-24-15-16-26(34-33-24)31-27(37)20-22-9-3-2-4-10-22/h2-4,7,9-11,13,15-16,19,27,37H,5-6,8,12,14,17-18,20-21H2,1H3,(H,31,34)(H,32,36,38). The normalized spacial score (nSPS) is 12.0. The molecule has 0 saturated carbocycles. The van der Waals surface area contributed by atoms with Gasteiger partial charge in [0.25, 0.3) is 0 Å². The molecule has 0 spiro atoms. The molecule has 13 heteroatoms. The maximum Gasteiger partial charge on any atom is 0.230 e. The monoisotopic (exact) mass is 624 g/mol.